The van der Waals surface area contributed by atoms with Crippen molar-refractivity contribution >= 4 is 10.4 Å². The zero-order valence-electron chi connectivity index (χ0n) is 25.4. The highest BCUT2D eigenvalue weighted by molar-refractivity contribution is 7.81. The first kappa shape index (κ1) is 58.2. The molecule has 368 valence electrons. The van der Waals surface area contributed by atoms with E-state index >= 15 is 0 Å². The fourth-order valence-electron chi connectivity index (χ4n) is 3.07. The summed E-state index contributed by atoms with van der Waals surface area (Å²) < 4.78 is 527. The van der Waals surface area contributed by atoms with E-state index in [0.29, 0.717) is 0 Å². The minimum atomic E-state index is -9.88. The van der Waals surface area contributed by atoms with Crippen LogP contribution in [-0.2, 0) is 18.8 Å². The van der Waals surface area contributed by atoms with Gasteiger partial charge < -0.3 is 0 Å². The second kappa shape index (κ2) is 14.1. The first-order chi connectivity index (χ1) is 25.4. The smallest absolute Gasteiger partial charge is 0.192 e. The quantitative estimate of drug-likeness (QED) is 0.128. The van der Waals surface area contributed by atoms with Crippen LogP contribution in [0, 0.1) is 0 Å². The molecule has 0 heterocycles. The molecule has 61 heavy (non-hydrogen) atoms. The lowest BCUT2D eigenvalue weighted by Crippen LogP contribution is -2.76. The van der Waals surface area contributed by atoms with Gasteiger partial charge in [-0.1, -0.05) is 0 Å². The van der Waals surface area contributed by atoms with Crippen LogP contribution < -0.4 is 0 Å². The molecule has 0 radical (unpaired) electrons. The Labute approximate surface area is 303 Å². The van der Waals surface area contributed by atoms with Gasteiger partial charge in [0.05, 0.1) is 0 Å². The van der Waals surface area contributed by atoms with E-state index in [1.54, 1.807) is 0 Å². The van der Waals surface area contributed by atoms with Crippen molar-refractivity contribution in [1.82, 2.24) is 0 Å². The average molecular weight is 1030 g/mol. The maximum absolute atomic E-state index is 13.7. The van der Waals surface area contributed by atoms with Crippen LogP contribution in [-0.4, -0.2) is 116 Å². The molecule has 0 bridgehead atoms. The van der Waals surface area contributed by atoms with E-state index in [9.17, 15) is 175 Å². The van der Waals surface area contributed by atoms with Crippen molar-refractivity contribution in [3.63, 3.8) is 0 Å². The van der Waals surface area contributed by atoms with Gasteiger partial charge in [-0.15, -0.1) is 0 Å². The predicted octanol–water partition coefficient (Wildman–Crippen LogP) is 11.5. The molecule has 0 N–H and O–H groups in total. The molecular weight excluding hydrogens is 1030 g/mol. The molecule has 0 aromatic heterocycles. The number of hydrogen-bond acceptors (Lipinski definition) is 4. The Balaban J connectivity index is 7.35. The Morgan fingerprint density at radius 3 is 0.443 bits per heavy atom. The van der Waals surface area contributed by atoms with Gasteiger partial charge in [0.2, 0.25) is 0 Å². The van der Waals surface area contributed by atoms with Crippen LogP contribution >= 0.6 is 0 Å². The summed E-state index contributed by atoms with van der Waals surface area (Å²) in [4.78, 5) is 0. The summed E-state index contributed by atoms with van der Waals surface area (Å²) in [5.41, 5.74) is 0. The van der Waals surface area contributed by atoms with Crippen molar-refractivity contribution in [2.24, 2.45) is 0 Å². The molecule has 0 aliphatic rings. The fourth-order valence-corrected chi connectivity index (χ4v) is 3.83. The van der Waals surface area contributed by atoms with Gasteiger partial charge in [-0.25, -0.2) is 0 Å². The highest BCUT2D eigenvalue weighted by Crippen LogP contribution is 2.67. The van der Waals surface area contributed by atoms with Gasteiger partial charge in [0.15, 0.2) is 0 Å². The van der Waals surface area contributed by atoms with Crippen LogP contribution in [0.1, 0.15) is 0 Å². The van der Waals surface area contributed by atoms with Crippen LogP contribution in [0.15, 0.2) is 0 Å². The van der Waals surface area contributed by atoms with E-state index in [4.69, 9.17) is 0 Å². The first-order valence-corrected chi connectivity index (χ1v) is 13.6. The zero-order chi connectivity index (χ0) is 50.9. The van der Waals surface area contributed by atoms with Gasteiger partial charge in [0, 0.05) is 0 Å². The van der Waals surface area contributed by atoms with E-state index in [2.05, 4.69) is 0 Å². The minimum absolute atomic E-state index is 0.902. The second-order valence-electron chi connectivity index (χ2n) is 10.6. The van der Waals surface area contributed by atoms with Crippen LogP contribution in [0.2, 0.25) is 0 Å². The van der Waals surface area contributed by atoms with E-state index in [-0.39, 0.29) is 0 Å². The standard InChI is InChI=1S/C18F38O4S/c19-1(20,3(23,24)7(31,32)11(39,40)15(47,48)49)5(27,28)9(35,36)13(43,44)17(53,54)59-61(57,58)60-18(55,56)14(45,46)10(37,38)6(29,30)2(21,22)4(25,26)8(33,34)12(41,42)16(50,51)52. The van der Waals surface area contributed by atoms with Gasteiger partial charge in [-0.3, -0.25) is 0 Å². The van der Waals surface area contributed by atoms with Crippen LogP contribution in [0.4, 0.5) is 167 Å². The third-order valence-corrected chi connectivity index (χ3v) is 7.42. The lowest BCUT2D eigenvalue weighted by molar-refractivity contribution is -0.479. The fraction of sp³-hybridized carbons (Fsp3) is 1.00. The van der Waals surface area contributed by atoms with Gasteiger partial charge in [0.1, 0.15) is 0 Å². The summed E-state index contributed by atoms with van der Waals surface area (Å²) in [6.45, 7) is 0. The minimum Gasteiger partial charge on any atom is -0.192 e. The van der Waals surface area contributed by atoms with Crippen molar-refractivity contribution in [2.45, 2.75) is 107 Å². The molecule has 4 nitrogen and oxygen atoms in total. The zero-order valence-corrected chi connectivity index (χ0v) is 26.2. The number of halogens is 38. The normalized spacial score (nSPS) is 17.3. The number of hydrogen-bond donors (Lipinski definition) is 0. The van der Waals surface area contributed by atoms with Gasteiger partial charge >= 0.3 is 118 Å². The summed E-state index contributed by atoms with van der Waals surface area (Å²) in [5, 5.41) is 0. The van der Waals surface area contributed by atoms with Crippen molar-refractivity contribution < 1.29 is 184 Å². The van der Waals surface area contributed by atoms with Crippen molar-refractivity contribution in [3.05, 3.63) is 0 Å². The van der Waals surface area contributed by atoms with E-state index < -0.39 is 118 Å². The summed E-state index contributed by atoms with van der Waals surface area (Å²) in [5.74, 6) is -134. The maximum atomic E-state index is 13.7. The first-order valence-electron chi connectivity index (χ1n) is 12.3. The van der Waals surface area contributed by atoms with Gasteiger partial charge in [-0.2, -0.15) is 184 Å². The molecule has 0 aliphatic heterocycles. The highest BCUT2D eigenvalue weighted by atomic mass is 32.3. The number of alkyl halides is 38. The molecule has 0 atom stereocenters. The third-order valence-electron chi connectivity index (χ3n) is 6.59. The largest absolute Gasteiger partial charge is 0.460 e. The van der Waals surface area contributed by atoms with E-state index in [1.807, 2.05) is 0 Å². The Kier molecular flexibility index (Phi) is 13.5. The molecule has 0 amide bonds. The lowest BCUT2D eigenvalue weighted by Gasteiger charge is -2.43. The molecule has 0 saturated carbocycles. The molecule has 0 aromatic carbocycles. The summed E-state index contributed by atoms with van der Waals surface area (Å²) in [6.07, 6.45) is -35.1. The van der Waals surface area contributed by atoms with Crippen molar-refractivity contribution in [3.8, 4) is 0 Å². The van der Waals surface area contributed by atoms with E-state index in [0.717, 1.165) is 8.37 Å². The SMILES string of the molecule is O=S(=O)(OC(F)(F)C(F)(F)C(F)(F)C(F)(F)C(F)(F)C(F)(F)C(F)(F)C(F)(F)C(F)(F)F)OC(F)(F)C(F)(F)C(F)(F)C(F)(F)C(F)(F)C(F)(F)C(F)(F)C(F)(F)C(F)(F)F. The maximum Gasteiger partial charge on any atom is 0.460 e. The molecular formula is C18F38O4S. The lowest BCUT2D eigenvalue weighted by atomic mass is 9.88. The topological polar surface area (TPSA) is 52.6 Å². The molecule has 0 saturated heterocycles. The van der Waals surface area contributed by atoms with Crippen LogP contribution in [0.25, 0.3) is 0 Å². The Morgan fingerprint density at radius 1 is 0.197 bits per heavy atom. The number of rotatable bonds is 18. The molecule has 0 aromatic rings. The molecule has 0 fully saturated rings. The molecule has 43 heteroatoms. The Morgan fingerprint density at radius 2 is 0.311 bits per heavy atom. The van der Waals surface area contributed by atoms with Crippen LogP contribution in [0.5, 0.6) is 0 Å². The van der Waals surface area contributed by atoms with Crippen LogP contribution in [0.3, 0.4) is 0 Å². The summed E-state index contributed by atoms with van der Waals surface area (Å²) in [6, 6.07) is 0. The van der Waals surface area contributed by atoms with Gasteiger partial charge in [0.25, 0.3) is 0 Å². The monoisotopic (exact) mass is 1030 g/mol. The predicted molar refractivity (Wildman–Crippen MR) is 102 cm³/mol. The average Bonchev–Trinajstić information content (AvgIpc) is 2.97. The van der Waals surface area contributed by atoms with Gasteiger partial charge in [-0.05, 0) is 0 Å². The summed E-state index contributed by atoms with van der Waals surface area (Å²) >= 11 is 0. The third kappa shape index (κ3) is 7.43. The molecule has 0 spiro atoms. The Bertz CT molecular complexity index is 1590. The highest BCUT2D eigenvalue weighted by Gasteiger charge is 2.99. The molecule has 0 rings (SSSR count). The van der Waals surface area contributed by atoms with E-state index in [1.165, 1.54) is 0 Å². The second-order valence-corrected chi connectivity index (χ2v) is 11.8. The summed E-state index contributed by atoms with van der Waals surface area (Å²) in [7, 11) is -9.50. The molecule has 0 unspecified atom stereocenters. The molecule has 0 aliphatic carbocycles. The van der Waals surface area contributed by atoms with Crippen molar-refractivity contribution in [2.75, 3.05) is 0 Å². The Hall–Kier alpha value is -2.79. The van der Waals surface area contributed by atoms with Crippen molar-refractivity contribution in [1.29, 1.82) is 0 Å².